The van der Waals surface area contributed by atoms with Crippen LogP contribution in [0.3, 0.4) is 0 Å². The summed E-state index contributed by atoms with van der Waals surface area (Å²) in [5, 5.41) is 3.31. The van der Waals surface area contributed by atoms with E-state index in [9.17, 15) is 18.0 Å². The highest BCUT2D eigenvalue weighted by molar-refractivity contribution is 5.85. The van der Waals surface area contributed by atoms with Gasteiger partial charge in [-0.25, -0.2) is 4.79 Å². The number of rotatable bonds is 2. The van der Waals surface area contributed by atoms with Crippen LogP contribution in [0, 0.1) is 0 Å². The molecule has 0 saturated carbocycles. The molecule has 2 rings (SSSR count). The van der Waals surface area contributed by atoms with Crippen molar-refractivity contribution in [1.82, 2.24) is 10.1 Å². The first-order valence-corrected chi connectivity index (χ1v) is 5.01. The lowest BCUT2D eigenvalue weighted by molar-refractivity contribution is -0.137. The fourth-order valence-corrected chi connectivity index (χ4v) is 1.34. The van der Waals surface area contributed by atoms with E-state index >= 15 is 0 Å². The van der Waals surface area contributed by atoms with Crippen LogP contribution in [-0.2, 0) is 10.9 Å². The van der Waals surface area contributed by atoms with Crippen molar-refractivity contribution in [3.63, 3.8) is 0 Å². The molecule has 0 unspecified atom stereocenters. The Bertz CT molecular complexity index is 607. The normalized spacial score (nSPS) is 11.4. The van der Waals surface area contributed by atoms with E-state index in [1.807, 2.05) is 0 Å². The average Bonchev–Trinajstić information content (AvgIpc) is 2.86. The summed E-state index contributed by atoms with van der Waals surface area (Å²) in [7, 11) is 1.13. The second kappa shape index (κ2) is 4.71. The molecular weight excluding hydrogens is 265 g/mol. The zero-order valence-corrected chi connectivity index (χ0v) is 9.56. The molecular formula is C11H7F3N2O3. The van der Waals surface area contributed by atoms with Crippen molar-refractivity contribution in [3.05, 3.63) is 35.7 Å². The molecule has 0 fully saturated rings. The molecule has 0 aliphatic heterocycles. The van der Waals surface area contributed by atoms with Gasteiger partial charge in [-0.3, -0.25) is 0 Å². The number of esters is 1. The van der Waals surface area contributed by atoms with Crippen molar-refractivity contribution < 1.29 is 27.2 Å². The molecule has 8 heteroatoms. The summed E-state index contributed by atoms with van der Waals surface area (Å²) in [6.07, 6.45) is -4.47. The molecule has 5 nitrogen and oxygen atoms in total. The molecule has 0 amide bonds. The Morgan fingerprint density at radius 1 is 1.37 bits per heavy atom. The molecule has 1 aromatic heterocycles. The van der Waals surface area contributed by atoms with E-state index in [4.69, 9.17) is 4.52 Å². The lowest BCUT2D eigenvalue weighted by Gasteiger charge is -2.06. The Kier molecular flexibility index (Phi) is 3.24. The number of ether oxygens (including phenoxy) is 1. The van der Waals surface area contributed by atoms with Crippen LogP contribution in [0.1, 0.15) is 16.2 Å². The van der Waals surface area contributed by atoms with E-state index in [2.05, 4.69) is 14.9 Å². The predicted octanol–water partition coefficient (Wildman–Crippen LogP) is 2.54. The SMILES string of the molecule is COC(=O)c1noc(-c2cccc(C(F)(F)F)c2)n1. The average molecular weight is 272 g/mol. The van der Waals surface area contributed by atoms with Crippen LogP contribution in [0.2, 0.25) is 0 Å². The molecule has 0 aliphatic rings. The first kappa shape index (κ1) is 13.1. The number of aromatic nitrogens is 2. The van der Waals surface area contributed by atoms with Crippen LogP contribution in [0.15, 0.2) is 28.8 Å². The van der Waals surface area contributed by atoms with Gasteiger partial charge in [0.05, 0.1) is 12.7 Å². The summed E-state index contributed by atoms with van der Waals surface area (Å²) in [6.45, 7) is 0. The molecule has 1 aromatic carbocycles. The summed E-state index contributed by atoms with van der Waals surface area (Å²) in [5.74, 6) is -1.37. The molecule has 0 saturated heterocycles. The third-order valence-corrected chi connectivity index (χ3v) is 2.23. The zero-order chi connectivity index (χ0) is 14.0. The van der Waals surface area contributed by atoms with Crippen molar-refractivity contribution in [2.45, 2.75) is 6.18 Å². The summed E-state index contributed by atoms with van der Waals surface area (Å²) in [6, 6.07) is 4.35. The summed E-state index contributed by atoms with van der Waals surface area (Å²) in [5.41, 5.74) is -0.778. The van der Waals surface area contributed by atoms with Crippen LogP contribution in [0.25, 0.3) is 11.5 Å². The van der Waals surface area contributed by atoms with Crippen LogP contribution in [0.5, 0.6) is 0 Å². The van der Waals surface area contributed by atoms with Crippen LogP contribution < -0.4 is 0 Å². The van der Waals surface area contributed by atoms with Gasteiger partial charge >= 0.3 is 12.1 Å². The van der Waals surface area contributed by atoms with Crippen molar-refractivity contribution in [1.29, 1.82) is 0 Å². The number of halogens is 3. The van der Waals surface area contributed by atoms with Crippen molar-refractivity contribution in [3.8, 4) is 11.5 Å². The number of alkyl halides is 3. The highest BCUT2D eigenvalue weighted by atomic mass is 19.4. The number of methoxy groups -OCH3 is 1. The summed E-state index contributed by atoms with van der Waals surface area (Å²) < 4.78 is 46.7. The quantitative estimate of drug-likeness (QED) is 0.786. The number of hydrogen-bond acceptors (Lipinski definition) is 5. The van der Waals surface area contributed by atoms with Gasteiger partial charge in [0.1, 0.15) is 0 Å². The second-order valence-electron chi connectivity index (χ2n) is 3.49. The minimum Gasteiger partial charge on any atom is -0.463 e. The second-order valence-corrected chi connectivity index (χ2v) is 3.49. The van der Waals surface area contributed by atoms with Crippen LogP contribution >= 0.6 is 0 Å². The third kappa shape index (κ3) is 2.72. The maximum atomic E-state index is 12.5. The Labute approximate surface area is 105 Å². The number of carbonyl (C=O) groups excluding carboxylic acids is 1. The molecule has 1 heterocycles. The fraction of sp³-hybridized carbons (Fsp3) is 0.182. The number of carbonyl (C=O) groups is 1. The topological polar surface area (TPSA) is 65.2 Å². The van der Waals surface area contributed by atoms with Gasteiger partial charge in [-0.05, 0) is 23.4 Å². The molecule has 19 heavy (non-hydrogen) atoms. The van der Waals surface area contributed by atoms with E-state index in [-0.39, 0.29) is 17.3 Å². The van der Waals surface area contributed by atoms with E-state index in [0.29, 0.717) is 0 Å². The molecule has 0 N–H and O–H groups in total. The maximum absolute atomic E-state index is 12.5. The van der Waals surface area contributed by atoms with Gasteiger partial charge in [0, 0.05) is 5.56 Å². The van der Waals surface area contributed by atoms with Crippen LogP contribution in [-0.4, -0.2) is 23.2 Å². The summed E-state index contributed by atoms with van der Waals surface area (Å²) >= 11 is 0. The monoisotopic (exact) mass is 272 g/mol. The fourth-order valence-electron chi connectivity index (χ4n) is 1.34. The Balaban J connectivity index is 2.37. The Morgan fingerprint density at radius 2 is 2.11 bits per heavy atom. The smallest absolute Gasteiger partial charge is 0.416 e. The van der Waals surface area contributed by atoms with Crippen molar-refractivity contribution in [2.75, 3.05) is 7.11 Å². The van der Waals surface area contributed by atoms with Gasteiger partial charge < -0.3 is 9.26 Å². The van der Waals surface area contributed by atoms with Gasteiger partial charge in [-0.2, -0.15) is 18.2 Å². The number of nitrogens with zero attached hydrogens (tertiary/aromatic N) is 2. The van der Waals surface area contributed by atoms with Crippen molar-refractivity contribution in [2.24, 2.45) is 0 Å². The zero-order valence-electron chi connectivity index (χ0n) is 9.56. The van der Waals surface area contributed by atoms with Gasteiger partial charge in [-0.1, -0.05) is 6.07 Å². The highest BCUT2D eigenvalue weighted by Gasteiger charge is 2.31. The molecule has 0 bridgehead atoms. The largest absolute Gasteiger partial charge is 0.463 e. The minimum absolute atomic E-state index is 0.0671. The van der Waals surface area contributed by atoms with E-state index in [1.54, 1.807) is 0 Å². The number of hydrogen-bond donors (Lipinski definition) is 0. The first-order valence-electron chi connectivity index (χ1n) is 5.01. The van der Waals surface area contributed by atoms with E-state index < -0.39 is 17.7 Å². The van der Waals surface area contributed by atoms with Gasteiger partial charge in [-0.15, -0.1) is 0 Å². The van der Waals surface area contributed by atoms with Gasteiger partial charge in [0.25, 0.3) is 11.7 Å². The van der Waals surface area contributed by atoms with Crippen LogP contribution in [0.4, 0.5) is 13.2 Å². The minimum atomic E-state index is -4.47. The first-order chi connectivity index (χ1) is 8.91. The Hall–Kier alpha value is -2.38. The van der Waals surface area contributed by atoms with Crippen molar-refractivity contribution >= 4 is 5.97 Å². The number of benzene rings is 1. The molecule has 0 atom stereocenters. The van der Waals surface area contributed by atoms with Gasteiger partial charge in [0.2, 0.25) is 0 Å². The molecule has 0 radical (unpaired) electrons. The maximum Gasteiger partial charge on any atom is 0.416 e. The van der Waals surface area contributed by atoms with E-state index in [1.165, 1.54) is 12.1 Å². The Morgan fingerprint density at radius 3 is 2.74 bits per heavy atom. The lowest BCUT2D eigenvalue weighted by atomic mass is 10.1. The lowest BCUT2D eigenvalue weighted by Crippen LogP contribution is -2.04. The summed E-state index contributed by atoms with van der Waals surface area (Å²) in [4.78, 5) is 14.8. The molecule has 0 spiro atoms. The van der Waals surface area contributed by atoms with E-state index in [0.717, 1.165) is 19.2 Å². The third-order valence-electron chi connectivity index (χ3n) is 2.23. The highest BCUT2D eigenvalue weighted by Crippen LogP contribution is 2.31. The molecule has 2 aromatic rings. The molecule has 100 valence electrons. The predicted molar refractivity (Wildman–Crippen MR) is 56.1 cm³/mol. The molecule has 0 aliphatic carbocycles. The van der Waals surface area contributed by atoms with Gasteiger partial charge in [0.15, 0.2) is 0 Å². The standard InChI is InChI=1S/C11H7F3N2O3/c1-18-10(17)8-15-9(19-16-8)6-3-2-4-7(5-6)11(12,13)14/h2-5H,1H3.